The molecule has 0 aliphatic carbocycles. The van der Waals surface area contributed by atoms with Crippen LogP contribution in [0.25, 0.3) is 0 Å². The lowest BCUT2D eigenvalue weighted by molar-refractivity contribution is 0.0146. The van der Waals surface area contributed by atoms with E-state index in [0.717, 1.165) is 45.1 Å². The number of hydrogen-bond donors (Lipinski definition) is 1. The maximum Gasteiger partial charge on any atom is 0.119 e. The van der Waals surface area contributed by atoms with Gasteiger partial charge < -0.3 is 14.8 Å². The third kappa shape index (κ3) is 2.23. The maximum atomic E-state index is 5.43. The lowest BCUT2D eigenvalue weighted by Crippen LogP contribution is -2.45. The van der Waals surface area contributed by atoms with Gasteiger partial charge in [0.1, 0.15) is 5.75 Å². The lowest BCUT2D eigenvalue weighted by atomic mass is 9.95. The number of benzene rings is 1. The molecule has 1 aromatic carbocycles. The summed E-state index contributed by atoms with van der Waals surface area (Å²) in [7, 11) is 1.72. The molecule has 18 heavy (non-hydrogen) atoms. The van der Waals surface area contributed by atoms with Gasteiger partial charge in [0, 0.05) is 32.2 Å². The predicted molar refractivity (Wildman–Crippen MR) is 69.8 cm³/mol. The predicted octanol–water partition coefficient (Wildman–Crippen LogP) is 1.17. The van der Waals surface area contributed by atoms with Crippen LogP contribution in [0.5, 0.6) is 5.75 Å². The monoisotopic (exact) mass is 248 g/mol. The normalized spacial score (nSPS) is 24.6. The first-order valence-electron chi connectivity index (χ1n) is 6.58. The van der Waals surface area contributed by atoms with Crippen LogP contribution in [0.4, 0.5) is 0 Å². The molecular weight excluding hydrogens is 228 g/mol. The van der Waals surface area contributed by atoms with E-state index in [9.17, 15) is 0 Å². The molecule has 1 aromatic rings. The van der Waals surface area contributed by atoms with Crippen LogP contribution in [0.15, 0.2) is 18.2 Å². The van der Waals surface area contributed by atoms with Gasteiger partial charge in [0.05, 0.1) is 20.3 Å². The van der Waals surface area contributed by atoms with Crippen molar-refractivity contribution in [1.29, 1.82) is 0 Å². The summed E-state index contributed by atoms with van der Waals surface area (Å²) >= 11 is 0. The summed E-state index contributed by atoms with van der Waals surface area (Å²) in [6.45, 7) is 5.71. The van der Waals surface area contributed by atoms with Gasteiger partial charge in [0.15, 0.2) is 0 Å². The van der Waals surface area contributed by atoms with E-state index in [0.29, 0.717) is 6.04 Å². The minimum absolute atomic E-state index is 0.476. The van der Waals surface area contributed by atoms with Crippen LogP contribution in [0.3, 0.4) is 0 Å². The van der Waals surface area contributed by atoms with Crippen LogP contribution in [0, 0.1) is 0 Å². The van der Waals surface area contributed by atoms with Gasteiger partial charge in [-0.25, -0.2) is 0 Å². The van der Waals surface area contributed by atoms with Crippen molar-refractivity contribution in [3.63, 3.8) is 0 Å². The van der Waals surface area contributed by atoms with E-state index in [1.807, 2.05) is 0 Å². The molecule has 2 aliphatic rings. The molecule has 1 saturated heterocycles. The van der Waals surface area contributed by atoms with E-state index < -0.39 is 0 Å². The second-order valence-corrected chi connectivity index (χ2v) is 4.86. The van der Waals surface area contributed by atoms with Crippen molar-refractivity contribution in [2.45, 2.75) is 12.6 Å². The van der Waals surface area contributed by atoms with E-state index in [1.165, 1.54) is 11.1 Å². The zero-order valence-corrected chi connectivity index (χ0v) is 10.8. The molecule has 1 fully saturated rings. The number of hydrogen-bond acceptors (Lipinski definition) is 4. The molecule has 0 aromatic heterocycles. The number of nitrogens with zero attached hydrogens (tertiary/aromatic N) is 1. The molecular formula is C14H20N2O2. The summed E-state index contributed by atoms with van der Waals surface area (Å²) in [4.78, 5) is 2.51. The Hall–Kier alpha value is -1.10. The SMILES string of the molecule is COc1ccc2c(c1)CNC[C@H]2N1CCOCC1. The zero-order chi connectivity index (χ0) is 12.4. The molecule has 2 heterocycles. The molecule has 1 atom stereocenters. The molecule has 4 heteroatoms. The van der Waals surface area contributed by atoms with Crippen LogP contribution in [0.1, 0.15) is 17.2 Å². The Bertz CT molecular complexity index is 416. The summed E-state index contributed by atoms with van der Waals surface area (Å²) in [5.74, 6) is 0.943. The highest BCUT2D eigenvalue weighted by Gasteiger charge is 2.27. The quantitative estimate of drug-likeness (QED) is 0.852. The van der Waals surface area contributed by atoms with Crippen molar-refractivity contribution in [2.75, 3.05) is 40.0 Å². The second kappa shape index (κ2) is 5.26. The van der Waals surface area contributed by atoms with Crippen LogP contribution in [0.2, 0.25) is 0 Å². The van der Waals surface area contributed by atoms with Crippen molar-refractivity contribution < 1.29 is 9.47 Å². The molecule has 0 spiro atoms. The average molecular weight is 248 g/mol. The minimum atomic E-state index is 0.476. The van der Waals surface area contributed by atoms with Gasteiger partial charge in [-0.1, -0.05) is 6.07 Å². The fourth-order valence-electron chi connectivity index (χ4n) is 2.86. The maximum absolute atomic E-state index is 5.43. The molecule has 0 bridgehead atoms. The van der Waals surface area contributed by atoms with E-state index >= 15 is 0 Å². The first-order valence-corrected chi connectivity index (χ1v) is 6.58. The summed E-state index contributed by atoms with van der Waals surface area (Å²) in [6.07, 6.45) is 0. The summed E-state index contributed by atoms with van der Waals surface area (Å²) < 4.78 is 10.7. The molecule has 0 unspecified atom stereocenters. The van der Waals surface area contributed by atoms with Crippen LogP contribution in [-0.2, 0) is 11.3 Å². The molecule has 0 amide bonds. The van der Waals surface area contributed by atoms with Crippen molar-refractivity contribution >= 4 is 0 Å². The van der Waals surface area contributed by atoms with Gasteiger partial charge in [-0.2, -0.15) is 0 Å². The standard InChI is InChI=1S/C14H20N2O2/c1-17-12-2-3-13-11(8-12)9-15-10-14(13)16-4-6-18-7-5-16/h2-3,8,14-15H,4-7,9-10H2,1H3/t14-/m1/s1. The smallest absolute Gasteiger partial charge is 0.119 e. The van der Waals surface area contributed by atoms with Gasteiger partial charge >= 0.3 is 0 Å². The third-order valence-electron chi connectivity index (χ3n) is 3.85. The second-order valence-electron chi connectivity index (χ2n) is 4.86. The number of morpholine rings is 1. The summed E-state index contributed by atoms with van der Waals surface area (Å²) in [6, 6.07) is 6.91. The van der Waals surface area contributed by atoms with E-state index in [-0.39, 0.29) is 0 Å². The topological polar surface area (TPSA) is 33.7 Å². The Morgan fingerprint density at radius 1 is 1.33 bits per heavy atom. The highest BCUT2D eigenvalue weighted by Crippen LogP contribution is 2.30. The molecule has 1 N–H and O–H groups in total. The number of nitrogens with one attached hydrogen (secondary N) is 1. The Labute approximate surface area is 108 Å². The van der Waals surface area contributed by atoms with E-state index in [1.54, 1.807) is 7.11 Å². The zero-order valence-electron chi connectivity index (χ0n) is 10.8. The van der Waals surface area contributed by atoms with Gasteiger partial charge in [0.25, 0.3) is 0 Å². The Balaban J connectivity index is 1.86. The van der Waals surface area contributed by atoms with Gasteiger partial charge in [-0.05, 0) is 23.3 Å². The highest BCUT2D eigenvalue weighted by atomic mass is 16.5. The summed E-state index contributed by atoms with van der Waals surface area (Å²) in [5, 5.41) is 3.50. The molecule has 2 aliphatic heterocycles. The minimum Gasteiger partial charge on any atom is -0.497 e. The molecule has 4 nitrogen and oxygen atoms in total. The van der Waals surface area contributed by atoms with Crippen molar-refractivity contribution in [3.8, 4) is 5.75 Å². The molecule has 0 saturated carbocycles. The highest BCUT2D eigenvalue weighted by molar-refractivity contribution is 5.39. The third-order valence-corrected chi connectivity index (χ3v) is 3.85. The number of ether oxygens (including phenoxy) is 2. The lowest BCUT2D eigenvalue weighted by Gasteiger charge is -2.38. The van der Waals surface area contributed by atoms with Crippen molar-refractivity contribution in [2.24, 2.45) is 0 Å². The van der Waals surface area contributed by atoms with E-state index in [4.69, 9.17) is 9.47 Å². The van der Waals surface area contributed by atoms with Gasteiger partial charge in [-0.3, -0.25) is 4.90 Å². The number of fused-ring (bicyclic) bond motifs is 1. The van der Waals surface area contributed by atoms with Crippen LogP contribution in [-0.4, -0.2) is 44.9 Å². The van der Waals surface area contributed by atoms with Crippen molar-refractivity contribution in [3.05, 3.63) is 29.3 Å². The molecule has 3 rings (SSSR count). The number of methoxy groups -OCH3 is 1. The van der Waals surface area contributed by atoms with E-state index in [2.05, 4.69) is 28.4 Å². The Morgan fingerprint density at radius 3 is 2.94 bits per heavy atom. The van der Waals surface area contributed by atoms with Crippen LogP contribution >= 0.6 is 0 Å². The Morgan fingerprint density at radius 2 is 2.17 bits per heavy atom. The van der Waals surface area contributed by atoms with Gasteiger partial charge in [0.2, 0.25) is 0 Å². The first-order chi connectivity index (χ1) is 8.88. The van der Waals surface area contributed by atoms with Gasteiger partial charge in [-0.15, -0.1) is 0 Å². The van der Waals surface area contributed by atoms with Crippen LogP contribution < -0.4 is 10.1 Å². The fraction of sp³-hybridized carbons (Fsp3) is 0.571. The van der Waals surface area contributed by atoms with Crippen molar-refractivity contribution in [1.82, 2.24) is 10.2 Å². The number of rotatable bonds is 2. The molecule has 0 radical (unpaired) electrons. The average Bonchev–Trinajstić information content (AvgIpc) is 2.47. The summed E-state index contributed by atoms with van der Waals surface area (Å²) in [5.41, 5.74) is 2.80. The molecule has 98 valence electrons. The first kappa shape index (κ1) is 12.0. The Kier molecular flexibility index (Phi) is 3.50. The largest absolute Gasteiger partial charge is 0.497 e. The fourth-order valence-corrected chi connectivity index (χ4v) is 2.86.